The summed E-state index contributed by atoms with van der Waals surface area (Å²) in [7, 11) is 0. The van der Waals surface area contributed by atoms with Gasteiger partial charge in [0.15, 0.2) is 0 Å². The quantitative estimate of drug-likeness (QED) is 0.661. The molecule has 0 bridgehead atoms. The molecule has 8 heteroatoms. The molecule has 0 aromatic heterocycles. The lowest BCUT2D eigenvalue weighted by Crippen LogP contribution is -2.49. The zero-order chi connectivity index (χ0) is 25.3. The van der Waals surface area contributed by atoms with Gasteiger partial charge < -0.3 is 15.5 Å². The van der Waals surface area contributed by atoms with Crippen LogP contribution in [0.5, 0.6) is 0 Å². The summed E-state index contributed by atoms with van der Waals surface area (Å²) >= 11 is 0. The van der Waals surface area contributed by atoms with Crippen LogP contribution in [-0.2, 0) is 4.79 Å². The van der Waals surface area contributed by atoms with Crippen LogP contribution in [0.3, 0.4) is 0 Å². The van der Waals surface area contributed by atoms with Crippen molar-refractivity contribution in [2.24, 2.45) is 0 Å². The van der Waals surface area contributed by atoms with E-state index in [1.165, 1.54) is 12.1 Å². The van der Waals surface area contributed by atoms with Gasteiger partial charge in [-0.05, 0) is 82.3 Å². The highest BCUT2D eigenvalue weighted by atomic mass is 19.1. The minimum absolute atomic E-state index is 0.0182. The molecule has 1 aliphatic carbocycles. The van der Waals surface area contributed by atoms with E-state index in [9.17, 15) is 18.8 Å². The van der Waals surface area contributed by atoms with Crippen LogP contribution in [0.1, 0.15) is 84.3 Å². The first-order valence-electron chi connectivity index (χ1n) is 11.9. The van der Waals surface area contributed by atoms with Crippen LogP contribution < -0.4 is 10.6 Å². The molecule has 1 heterocycles. The Morgan fingerprint density at radius 1 is 1.06 bits per heavy atom. The average Bonchev–Trinajstić information content (AvgIpc) is 3.55. The minimum Gasteiger partial charge on any atom is -0.348 e. The predicted octanol–water partition coefficient (Wildman–Crippen LogP) is 3.85. The van der Waals surface area contributed by atoms with Crippen LogP contribution in [0.15, 0.2) is 42.5 Å². The van der Waals surface area contributed by atoms with Crippen molar-refractivity contribution < 1.29 is 18.8 Å². The lowest BCUT2D eigenvalue weighted by Gasteiger charge is -2.26. The Labute approximate surface area is 204 Å². The molecule has 35 heavy (non-hydrogen) atoms. The number of likely N-dealkylation sites (tertiary alicyclic amines) is 1. The van der Waals surface area contributed by atoms with E-state index < -0.39 is 17.3 Å². The molecule has 3 amide bonds. The van der Waals surface area contributed by atoms with Gasteiger partial charge in [-0.2, -0.15) is 5.26 Å². The van der Waals surface area contributed by atoms with Crippen LogP contribution in [0.4, 0.5) is 4.39 Å². The molecular formula is C27H29FN4O3. The van der Waals surface area contributed by atoms with E-state index in [4.69, 9.17) is 5.26 Å². The number of rotatable bonds is 6. The molecule has 3 atom stereocenters. The lowest BCUT2D eigenvalue weighted by atomic mass is 10.0. The molecule has 0 radical (unpaired) electrons. The SMILES string of the molecule is CC1CCC(C)N1C(=O)c1ccc([C@@H](C)NC(=O)C2(NC(=O)c3ccc(C#N)c(F)c3)CC2)cc1. The lowest BCUT2D eigenvalue weighted by molar-refractivity contribution is -0.124. The maximum absolute atomic E-state index is 13.9. The van der Waals surface area contributed by atoms with Crippen molar-refractivity contribution in [2.45, 2.75) is 70.1 Å². The second kappa shape index (κ2) is 9.49. The van der Waals surface area contributed by atoms with Gasteiger partial charge in [-0.25, -0.2) is 4.39 Å². The van der Waals surface area contributed by atoms with Gasteiger partial charge in [0.1, 0.15) is 17.4 Å². The fourth-order valence-corrected chi connectivity index (χ4v) is 4.65. The zero-order valence-corrected chi connectivity index (χ0v) is 20.1. The topological polar surface area (TPSA) is 102 Å². The molecule has 2 N–H and O–H groups in total. The van der Waals surface area contributed by atoms with Crippen molar-refractivity contribution in [3.63, 3.8) is 0 Å². The molecule has 7 nitrogen and oxygen atoms in total. The van der Waals surface area contributed by atoms with Gasteiger partial charge in [0, 0.05) is 23.2 Å². The third-order valence-electron chi connectivity index (χ3n) is 7.08. The largest absolute Gasteiger partial charge is 0.348 e. The first kappa shape index (κ1) is 24.4. The van der Waals surface area contributed by atoms with Crippen molar-refractivity contribution in [1.29, 1.82) is 5.26 Å². The molecule has 1 saturated heterocycles. The summed E-state index contributed by atoms with van der Waals surface area (Å²) < 4.78 is 13.9. The number of hydrogen-bond donors (Lipinski definition) is 2. The van der Waals surface area contributed by atoms with E-state index in [2.05, 4.69) is 24.5 Å². The number of carbonyl (C=O) groups excluding carboxylic acids is 3. The Kier molecular flexibility index (Phi) is 6.62. The third kappa shape index (κ3) is 4.90. The second-order valence-corrected chi connectivity index (χ2v) is 9.65. The number of amides is 3. The van der Waals surface area contributed by atoms with Crippen molar-refractivity contribution in [3.8, 4) is 6.07 Å². The Bertz CT molecular complexity index is 1190. The fraction of sp³-hybridized carbons (Fsp3) is 0.407. The Balaban J connectivity index is 1.38. The van der Waals surface area contributed by atoms with Gasteiger partial charge in [-0.3, -0.25) is 14.4 Å². The van der Waals surface area contributed by atoms with Gasteiger partial charge in [-0.15, -0.1) is 0 Å². The summed E-state index contributed by atoms with van der Waals surface area (Å²) in [5.74, 6) is -1.64. The van der Waals surface area contributed by atoms with Crippen molar-refractivity contribution >= 4 is 17.7 Å². The van der Waals surface area contributed by atoms with Gasteiger partial charge in [-0.1, -0.05) is 12.1 Å². The van der Waals surface area contributed by atoms with E-state index in [1.807, 2.05) is 24.0 Å². The summed E-state index contributed by atoms with van der Waals surface area (Å²) in [5, 5.41) is 14.5. The van der Waals surface area contributed by atoms with E-state index >= 15 is 0 Å². The first-order chi connectivity index (χ1) is 16.6. The zero-order valence-electron chi connectivity index (χ0n) is 20.1. The summed E-state index contributed by atoms with van der Waals surface area (Å²) in [5.41, 5.74) is 0.331. The van der Waals surface area contributed by atoms with Gasteiger partial charge in [0.2, 0.25) is 5.91 Å². The van der Waals surface area contributed by atoms with Crippen LogP contribution >= 0.6 is 0 Å². The molecule has 2 aliphatic rings. The van der Waals surface area contributed by atoms with Crippen molar-refractivity contribution in [1.82, 2.24) is 15.5 Å². The Hall–Kier alpha value is -3.73. The fourth-order valence-electron chi connectivity index (χ4n) is 4.65. The van der Waals surface area contributed by atoms with E-state index in [0.717, 1.165) is 24.5 Å². The maximum atomic E-state index is 13.9. The molecule has 4 rings (SSSR count). The molecule has 2 aromatic rings. The molecule has 0 spiro atoms. The van der Waals surface area contributed by atoms with Gasteiger partial charge >= 0.3 is 0 Å². The minimum atomic E-state index is -1.03. The molecule has 2 fully saturated rings. The Morgan fingerprint density at radius 3 is 2.20 bits per heavy atom. The number of benzene rings is 2. The van der Waals surface area contributed by atoms with Gasteiger partial charge in [0.05, 0.1) is 11.6 Å². The van der Waals surface area contributed by atoms with Crippen LogP contribution in [0.25, 0.3) is 0 Å². The molecule has 2 aromatic carbocycles. The number of nitrogens with one attached hydrogen (secondary N) is 2. The number of nitrogens with zero attached hydrogens (tertiary/aromatic N) is 2. The van der Waals surface area contributed by atoms with Crippen molar-refractivity contribution in [3.05, 3.63) is 70.5 Å². The molecular weight excluding hydrogens is 447 g/mol. The second-order valence-electron chi connectivity index (χ2n) is 9.65. The smallest absolute Gasteiger partial charge is 0.254 e. The first-order valence-corrected chi connectivity index (χ1v) is 11.9. The van der Waals surface area contributed by atoms with Crippen LogP contribution in [-0.4, -0.2) is 40.2 Å². The van der Waals surface area contributed by atoms with E-state index in [-0.39, 0.29) is 41.1 Å². The highest BCUT2D eigenvalue weighted by molar-refractivity contribution is 6.01. The molecule has 2 unspecified atom stereocenters. The number of hydrogen-bond acceptors (Lipinski definition) is 4. The average molecular weight is 477 g/mol. The summed E-state index contributed by atoms with van der Waals surface area (Å²) in [6, 6.07) is 12.7. The van der Waals surface area contributed by atoms with E-state index in [0.29, 0.717) is 18.4 Å². The standard InChI is InChI=1S/C27H29FN4O3/c1-16-4-5-17(2)32(16)25(34)20-8-6-19(7-9-20)18(3)30-26(35)27(12-13-27)31-24(33)21-10-11-22(15-29)23(28)14-21/h6-11,14,16-18H,4-5,12-13H2,1-3H3,(H,30,35)(H,31,33)/t16?,17?,18-/m1/s1. The van der Waals surface area contributed by atoms with Gasteiger partial charge in [0.25, 0.3) is 11.8 Å². The van der Waals surface area contributed by atoms with Crippen molar-refractivity contribution in [2.75, 3.05) is 0 Å². The Morgan fingerprint density at radius 2 is 1.66 bits per heavy atom. The maximum Gasteiger partial charge on any atom is 0.254 e. The number of carbonyl (C=O) groups is 3. The third-order valence-corrected chi connectivity index (χ3v) is 7.08. The van der Waals surface area contributed by atoms with Crippen LogP contribution in [0, 0.1) is 17.1 Å². The highest BCUT2D eigenvalue weighted by Crippen LogP contribution is 2.36. The molecule has 1 saturated carbocycles. The number of nitriles is 1. The summed E-state index contributed by atoms with van der Waals surface area (Å²) in [6.45, 7) is 5.97. The molecule has 1 aliphatic heterocycles. The highest BCUT2D eigenvalue weighted by Gasteiger charge is 2.51. The van der Waals surface area contributed by atoms with Crippen LogP contribution in [0.2, 0.25) is 0 Å². The number of halogens is 1. The van der Waals surface area contributed by atoms with E-state index in [1.54, 1.807) is 18.2 Å². The normalized spacial score (nSPS) is 21.1. The monoisotopic (exact) mass is 476 g/mol. The predicted molar refractivity (Wildman–Crippen MR) is 128 cm³/mol. The summed E-state index contributed by atoms with van der Waals surface area (Å²) in [6.07, 6.45) is 2.98. The summed E-state index contributed by atoms with van der Waals surface area (Å²) in [4.78, 5) is 40.4. The molecule has 182 valence electrons.